The van der Waals surface area contributed by atoms with Crippen molar-refractivity contribution in [2.45, 2.75) is 25.5 Å². The van der Waals surface area contributed by atoms with Gasteiger partial charge in [-0.1, -0.05) is 0 Å². The van der Waals surface area contributed by atoms with Crippen molar-refractivity contribution in [3.8, 4) is 0 Å². The number of aliphatic hydroxyl groups excluding tert-OH is 1. The van der Waals surface area contributed by atoms with Crippen molar-refractivity contribution in [2.75, 3.05) is 0 Å². The molecule has 0 aliphatic carbocycles. The number of hydrogen-bond acceptors (Lipinski definition) is 3. The van der Waals surface area contributed by atoms with Crippen molar-refractivity contribution in [1.82, 2.24) is 14.8 Å². The van der Waals surface area contributed by atoms with Crippen molar-refractivity contribution in [3.63, 3.8) is 0 Å². The average molecular weight is 155 g/mol. The Morgan fingerprint density at radius 3 is 3.36 bits per heavy atom. The second kappa shape index (κ2) is 2.20. The van der Waals surface area contributed by atoms with Gasteiger partial charge in [-0.3, -0.25) is 4.57 Å². The molecule has 11 heavy (non-hydrogen) atoms. The van der Waals surface area contributed by atoms with Crippen LogP contribution in [-0.2, 0) is 13.0 Å². The van der Waals surface area contributed by atoms with Gasteiger partial charge in [0.2, 0.25) is 0 Å². The zero-order valence-electron chi connectivity index (χ0n) is 5.95. The molecule has 1 unspecified atom stereocenters. The molecule has 2 N–H and O–H groups in total. The Morgan fingerprint density at radius 1 is 1.73 bits per heavy atom. The first kappa shape index (κ1) is 6.60. The summed E-state index contributed by atoms with van der Waals surface area (Å²) in [6.45, 7) is 0.575. The monoisotopic (exact) mass is 155 g/mol. The Bertz CT molecular complexity index is 314. The first-order valence-electron chi connectivity index (χ1n) is 3.59. The maximum Gasteiger partial charge on any atom is 0.343 e. The van der Waals surface area contributed by atoms with E-state index < -0.39 is 0 Å². The number of nitrogens with zero attached hydrogens (tertiary/aromatic N) is 2. The van der Waals surface area contributed by atoms with Crippen LogP contribution in [0.2, 0.25) is 0 Å². The van der Waals surface area contributed by atoms with Gasteiger partial charge in [0, 0.05) is 13.0 Å². The molecule has 0 aromatic carbocycles. The Hall–Kier alpha value is -1.10. The topological polar surface area (TPSA) is 70.9 Å². The molecule has 0 saturated heterocycles. The highest BCUT2D eigenvalue weighted by atomic mass is 16.3. The van der Waals surface area contributed by atoms with Crippen LogP contribution in [0.25, 0.3) is 0 Å². The Morgan fingerprint density at radius 2 is 2.55 bits per heavy atom. The number of aromatic amines is 1. The molecule has 5 nitrogen and oxygen atoms in total. The molecule has 0 amide bonds. The first-order valence-corrected chi connectivity index (χ1v) is 3.59. The molecule has 0 bridgehead atoms. The summed E-state index contributed by atoms with van der Waals surface area (Å²) in [6.07, 6.45) is 0.795. The predicted octanol–water partition coefficient (Wildman–Crippen LogP) is -1.12. The van der Waals surface area contributed by atoms with Gasteiger partial charge in [-0.25, -0.2) is 9.89 Å². The van der Waals surface area contributed by atoms with Gasteiger partial charge >= 0.3 is 5.69 Å². The van der Waals surface area contributed by atoms with Crippen LogP contribution < -0.4 is 5.69 Å². The maximum atomic E-state index is 10.9. The summed E-state index contributed by atoms with van der Waals surface area (Å²) in [5, 5.41) is 15.3. The van der Waals surface area contributed by atoms with Gasteiger partial charge in [0.1, 0.15) is 5.82 Å². The quantitative estimate of drug-likeness (QED) is 0.498. The van der Waals surface area contributed by atoms with E-state index in [1.54, 1.807) is 4.57 Å². The summed E-state index contributed by atoms with van der Waals surface area (Å²) < 4.78 is 1.56. The van der Waals surface area contributed by atoms with Gasteiger partial charge < -0.3 is 5.11 Å². The molecular weight excluding hydrogens is 146 g/mol. The van der Waals surface area contributed by atoms with Gasteiger partial charge in [-0.2, -0.15) is 5.10 Å². The number of rotatable bonds is 0. The molecule has 0 radical (unpaired) electrons. The normalized spacial score (nSPS) is 23.2. The van der Waals surface area contributed by atoms with Crippen molar-refractivity contribution in [1.29, 1.82) is 0 Å². The Balaban J connectivity index is 2.44. The largest absolute Gasteiger partial charge is 0.393 e. The third kappa shape index (κ3) is 0.970. The third-order valence-corrected chi connectivity index (χ3v) is 1.94. The minimum absolute atomic E-state index is 0.174. The highest BCUT2D eigenvalue weighted by molar-refractivity contribution is 4.92. The van der Waals surface area contributed by atoms with E-state index >= 15 is 0 Å². The number of H-pyrrole nitrogens is 1. The van der Waals surface area contributed by atoms with Crippen LogP contribution in [-0.4, -0.2) is 26.0 Å². The predicted molar refractivity (Wildman–Crippen MR) is 37.2 cm³/mol. The highest BCUT2D eigenvalue weighted by Crippen LogP contribution is 2.08. The van der Waals surface area contributed by atoms with Crippen LogP contribution in [0.1, 0.15) is 12.2 Å². The van der Waals surface area contributed by atoms with Crippen molar-refractivity contribution >= 4 is 0 Å². The second-order valence-electron chi connectivity index (χ2n) is 2.74. The smallest absolute Gasteiger partial charge is 0.343 e. The number of nitrogens with one attached hydrogen (secondary N) is 1. The molecule has 5 heteroatoms. The van der Waals surface area contributed by atoms with E-state index in [0.717, 1.165) is 0 Å². The zero-order valence-corrected chi connectivity index (χ0v) is 5.95. The summed E-state index contributed by atoms with van der Waals surface area (Å²) >= 11 is 0. The maximum absolute atomic E-state index is 10.9. The van der Waals surface area contributed by atoms with Gasteiger partial charge in [0.15, 0.2) is 0 Å². The van der Waals surface area contributed by atoms with E-state index in [-0.39, 0.29) is 11.8 Å². The van der Waals surface area contributed by atoms with Crippen molar-refractivity contribution in [2.24, 2.45) is 0 Å². The standard InChI is InChI=1S/C6H9N3O2/c10-4-1-2-9-5(3-4)7-8-6(9)11/h4,10H,1-3H2,(H,8,11). The summed E-state index contributed by atoms with van der Waals surface area (Å²) in [6, 6.07) is 0. The molecule has 1 aliphatic heterocycles. The lowest BCUT2D eigenvalue weighted by atomic mass is 10.1. The Labute approximate surface area is 62.7 Å². The zero-order chi connectivity index (χ0) is 7.84. The van der Waals surface area contributed by atoms with Crippen molar-refractivity contribution < 1.29 is 5.11 Å². The van der Waals surface area contributed by atoms with Gasteiger partial charge in [-0.05, 0) is 6.42 Å². The van der Waals surface area contributed by atoms with E-state index in [9.17, 15) is 9.90 Å². The molecule has 1 aliphatic rings. The molecule has 0 fully saturated rings. The van der Waals surface area contributed by atoms with Crippen LogP contribution in [0, 0.1) is 0 Å². The fourth-order valence-corrected chi connectivity index (χ4v) is 1.33. The van der Waals surface area contributed by atoms with Crippen molar-refractivity contribution in [3.05, 3.63) is 16.3 Å². The number of hydrogen-bond donors (Lipinski definition) is 2. The highest BCUT2D eigenvalue weighted by Gasteiger charge is 2.18. The van der Waals surface area contributed by atoms with E-state index in [0.29, 0.717) is 25.2 Å². The molecule has 1 aromatic rings. The van der Waals surface area contributed by atoms with Gasteiger partial charge in [-0.15, -0.1) is 0 Å². The van der Waals surface area contributed by atoms with E-state index in [1.165, 1.54) is 0 Å². The van der Waals surface area contributed by atoms with E-state index in [4.69, 9.17) is 0 Å². The van der Waals surface area contributed by atoms with Gasteiger partial charge in [0.05, 0.1) is 6.10 Å². The van der Waals surface area contributed by atoms with Gasteiger partial charge in [0.25, 0.3) is 0 Å². The molecule has 1 aromatic heterocycles. The number of fused-ring (bicyclic) bond motifs is 1. The van der Waals surface area contributed by atoms with Crippen LogP contribution in [0.4, 0.5) is 0 Å². The lowest BCUT2D eigenvalue weighted by Crippen LogP contribution is -2.28. The summed E-state index contributed by atoms with van der Waals surface area (Å²) in [5.41, 5.74) is -0.174. The fraction of sp³-hybridized carbons (Fsp3) is 0.667. The molecule has 2 rings (SSSR count). The molecule has 60 valence electrons. The summed E-state index contributed by atoms with van der Waals surface area (Å²) in [7, 11) is 0. The molecule has 0 spiro atoms. The van der Waals surface area contributed by atoms with E-state index in [1.807, 2.05) is 0 Å². The first-order chi connectivity index (χ1) is 5.27. The van der Waals surface area contributed by atoms with Crippen LogP contribution in [0.5, 0.6) is 0 Å². The molecule has 0 saturated carbocycles. The second-order valence-corrected chi connectivity index (χ2v) is 2.74. The van der Waals surface area contributed by atoms with E-state index in [2.05, 4.69) is 10.2 Å². The fourth-order valence-electron chi connectivity index (χ4n) is 1.33. The molecule has 2 heterocycles. The minimum Gasteiger partial charge on any atom is -0.393 e. The molecule has 1 atom stereocenters. The van der Waals surface area contributed by atoms with Crippen LogP contribution in [0.3, 0.4) is 0 Å². The number of aliphatic hydroxyl groups is 1. The summed E-state index contributed by atoms with van der Waals surface area (Å²) in [4.78, 5) is 10.9. The summed E-state index contributed by atoms with van der Waals surface area (Å²) in [5.74, 6) is 0.661. The SMILES string of the molecule is O=c1[nH]nc2n1CCC(O)C2. The lowest BCUT2D eigenvalue weighted by Gasteiger charge is -2.16. The average Bonchev–Trinajstić information content (AvgIpc) is 2.32. The molecular formula is C6H9N3O2. The number of aromatic nitrogens is 3. The Kier molecular flexibility index (Phi) is 1.32. The van der Waals surface area contributed by atoms with Crippen LogP contribution in [0.15, 0.2) is 4.79 Å². The minimum atomic E-state index is -0.335. The third-order valence-electron chi connectivity index (χ3n) is 1.94. The van der Waals surface area contributed by atoms with Crippen LogP contribution >= 0.6 is 0 Å². The lowest BCUT2D eigenvalue weighted by molar-refractivity contribution is 0.141.